The first-order chi connectivity index (χ1) is 9.93. The van der Waals surface area contributed by atoms with Gasteiger partial charge in [0.15, 0.2) is 11.9 Å². The molecule has 0 amide bonds. The molecule has 3 nitrogen and oxygen atoms in total. The summed E-state index contributed by atoms with van der Waals surface area (Å²) in [5, 5.41) is 0.976. The minimum absolute atomic E-state index is 0.0101. The Morgan fingerprint density at radius 1 is 1.29 bits per heavy atom. The van der Waals surface area contributed by atoms with Gasteiger partial charge in [-0.15, -0.1) is 5.92 Å². The van der Waals surface area contributed by atoms with E-state index in [-0.39, 0.29) is 5.78 Å². The first-order valence-corrected chi connectivity index (χ1v) is 6.94. The third-order valence-corrected chi connectivity index (χ3v) is 3.64. The van der Waals surface area contributed by atoms with E-state index in [9.17, 15) is 4.79 Å². The van der Waals surface area contributed by atoms with Crippen LogP contribution in [0.3, 0.4) is 0 Å². The first-order valence-electron chi connectivity index (χ1n) is 6.94. The number of pyridine rings is 1. The lowest BCUT2D eigenvalue weighted by Gasteiger charge is -2.16. The molecule has 0 fully saturated rings. The van der Waals surface area contributed by atoms with Gasteiger partial charge in [0.2, 0.25) is 0 Å². The maximum absolute atomic E-state index is 11.4. The molecule has 0 saturated carbocycles. The predicted octanol–water partition coefficient (Wildman–Crippen LogP) is 3.58. The van der Waals surface area contributed by atoms with Gasteiger partial charge in [-0.05, 0) is 57.9 Å². The van der Waals surface area contributed by atoms with Gasteiger partial charge < -0.3 is 4.74 Å². The Balaban J connectivity index is 2.58. The van der Waals surface area contributed by atoms with Crippen molar-refractivity contribution in [1.29, 1.82) is 0 Å². The molecule has 1 heterocycles. The molecule has 108 valence electrons. The second kappa shape index (κ2) is 5.97. The van der Waals surface area contributed by atoms with Crippen LogP contribution in [0.25, 0.3) is 10.9 Å². The van der Waals surface area contributed by atoms with Crippen molar-refractivity contribution in [2.45, 2.75) is 40.7 Å². The van der Waals surface area contributed by atoms with E-state index >= 15 is 0 Å². The third kappa shape index (κ3) is 3.05. The van der Waals surface area contributed by atoms with Gasteiger partial charge in [-0.2, -0.15) is 0 Å². The van der Waals surface area contributed by atoms with Crippen molar-refractivity contribution in [1.82, 2.24) is 4.98 Å². The maximum atomic E-state index is 11.4. The number of benzene rings is 1. The summed E-state index contributed by atoms with van der Waals surface area (Å²) < 4.78 is 5.78. The molecule has 1 unspecified atom stereocenters. The highest BCUT2D eigenvalue weighted by Gasteiger charge is 2.14. The van der Waals surface area contributed by atoms with Crippen LogP contribution in [0.1, 0.15) is 37.5 Å². The van der Waals surface area contributed by atoms with E-state index < -0.39 is 6.10 Å². The van der Waals surface area contributed by atoms with Crippen LogP contribution in [-0.4, -0.2) is 16.9 Å². The molecule has 2 aromatic rings. The quantitative estimate of drug-likeness (QED) is 0.807. The molecule has 3 heteroatoms. The molecule has 1 aromatic heterocycles. The fourth-order valence-electron chi connectivity index (χ4n) is 2.13. The molecule has 0 radical (unpaired) electrons. The molecule has 0 aliphatic rings. The van der Waals surface area contributed by atoms with Gasteiger partial charge in [-0.25, -0.2) is 0 Å². The number of hydrogen-bond acceptors (Lipinski definition) is 3. The summed E-state index contributed by atoms with van der Waals surface area (Å²) in [6, 6.07) is 3.93. The molecular formula is C18H19NO2. The van der Waals surface area contributed by atoms with Crippen LogP contribution in [0.4, 0.5) is 0 Å². The van der Waals surface area contributed by atoms with Gasteiger partial charge >= 0.3 is 0 Å². The first kappa shape index (κ1) is 15.1. The SMILES string of the molecule is CC#Cc1cnc2c(C)c(C)c(OC(C)C(C)=O)cc2c1. The highest BCUT2D eigenvalue weighted by molar-refractivity contribution is 5.86. The van der Waals surface area contributed by atoms with Crippen molar-refractivity contribution in [3.63, 3.8) is 0 Å². The number of nitrogens with zero attached hydrogens (tertiary/aromatic N) is 1. The molecule has 2 rings (SSSR count). The van der Waals surface area contributed by atoms with Crippen LogP contribution in [0.15, 0.2) is 18.3 Å². The van der Waals surface area contributed by atoms with E-state index in [0.29, 0.717) is 0 Å². The van der Waals surface area contributed by atoms with Gasteiger partial charge in [0.05, 0.1) is 5.52 Å². The zero-order valence-electron chi connectivity index (χ0n) is 13.1. The standard InChI is InChI=1S/C18H19NO2/c1-6-7-15-8-16-9-17(21-14(5)13(4)20)11(2)12(3)18(16)19-10-15/h8-10,14H,1-5H3. The Morgan fingerprint density at radius 3 is 2.62 bits per heavy atom. The average molecular weight is 281 g/mol. The normalized spacial score (nSPS) is 11.7. The predicted molar refractivity (Wildman–Crippen MR) is 84.5 cm³/mol. The van der Waals surface area contributed by atoms with Crippen molar-refractivity contribution in [2.75, 3.05) is 0 Å². The van der Waals surface area contributed by atoms with E-state index in [1.807, 2.05) is 26.0 Å². The second-order valence-corrected chi connectivity index (χ2v) is 5.17. The fraction of sp³-hybridized carbons (Fsp3) is 0.333. The monoisotopic (exact) mass is 281 g/mol. The van der Waals surface area contributed by atoms with Gasteiger partial charge in [0.1, 0.15) is 5.75 Å². The number of aromatic nitrogens is 1. The topological polar surface area (TPSA) is 39.2 Å². The van der Waals surface area contributed by atoms with Crippen LogP contribution in [0.2, 0.25) is 0 Å². The number of ether oxygens (including phenoxy) is 1. The zero-order chi connectivity index (χ0) is 15.6. The number of rotatable bonds is 3. The van der Waals surface area contributed by atoms with Crippen molar-refractivity contribution >= 4 is 16.7 Å². The van der Waals surface area contributed by atoms with E-state index in [0.717, 1.165) is 33.3 Å². The number of Topliss-reactive ketones (excluding diaryl/α,β-unsaturated/α-hetero) is 1. The molecule has 0 N–H and O–H groups in total. The fourth-order valence-corrected chi connectivity index (χ4v) is 2.13. The number of fused-ring (bicyclic) bond motifs is 1. The minimum atomic E-state index is -0.452. The highest BCUT2D eigenvalue weighted by Crippen LogP contribution is 2.30. The Hall–Kier alpha value is -2.34. The maximum Gasteiger partial charge on any atom is 0.169 e. The number of aryl methyl sites for hydroxylation is 1. The van der Waals surface area contributed by atoms with Gasteiger partial charge in [0, 0.05) is 17.1 Å². The summed E-state index contributed by atoms with van der Waals surface area (Å²) in [5.41, 5.74) is 3.89. The van der Waals surface area contributed by atoms with Gasteiger partial charge in [-0.1, -0.05) is 5.92 Å². The molecule has 0 spiro atoms. The number of carbonyl (C=O) groups is 1. The zero-order valence-corrected chi connectivity index (χ0v) is 13.1. The van der Waals surface area contributed by atoms with Crippen LogP contribution in [-0.2, 0) is 4.79 Å². The van der Waals surface area contributed by atoms with E-state index in [2.05, 4.69) is 16.8 Å². The second-order valence-electron chi connectivity index (χ2n) is 5.17. The molecule has 0 saturated heterocycles. The Labute approximate surface area is 125 Å². The average Bonchev–Trinajstić information content (AvgIpc) is 2.44. The van der Waals surface area contributed by atoms with Crippen molar-refractivity contribution in [3.05, 3.63) is 35.0 Å². The number of hydrogen-bond donors (Lipinski definition) is 0. The Bertz CT molecular complexity index is 766. The van der Waals surface area contributed by atoms with Crippen LogP contribution in [0, 0.1) is 25.7 Å². The van der Waals surface area contributed by atoms with E-state index in [1.165, 1.54) is 6.92 Å². The Morgan fingerprint density at radius 2 is 2.00 bits per heavy atom. The van der Waals surface area contributed by atoms with Crippen molar-refractivity contribution in [3.8, 4) is 17.6 Å². The third-order valence-electron chi connectivity index (χ3n) is 3.64. The van der Waals surface area contributed by atoms with Crippen molar-refractivity contribution < 1.29 is 9.53 Å². The summed E-state index contributed by atoms with van der Waals surface area (Å²) in [4.78, 5) is 15.9. The van der Waals surface area contributed by atoms with Crippen molar-refractivity contribution in [2.24, 2.45) is 0 Å². The lowest BCUT2D eigenvalue weighted by Crippen LogP contribution is -2.21. The molecule has 1 aromatic carbocycles. The smallest absolute Gasteiger partial charge is 0.169 e. The lowest BCUT2D eigenvalue weighted by atomic mass is 10.0. The van der Waals surface area contributed by atoms with E-state index in [1.54, 1.807) is 20.0 Å². The number of carbonyl (C=O) groups excluding carboxylic acids is 1. The molecular weight excluding hydrogens is 262 g/mol. The molecule has 0 aliphatic heterocycles. The van der Waals surface area contributed by atoms with E-state index in [4.69, 9.17) is 4.74 Å². The summed E-state index contributed by atoms with van der Waals surface area (Å²) in [5.74, 6) is 6.61. The highest BCUT2D eigenvalue weighted by atomic mass is 16.5. The summed E-state index contributed by atoms with van der Waals surface area (Å²) in [7, 11) is 0. The van der Waals surface area contributed by atoms with Gasteiger partial charge in [-0.3, -0.25) is 9.78 Å². The lowest BCUT2D eigenvalue weighted by molar-refractivity contribution is -0.122. The molecule has 21 heavy (non-hydrogen) atoms. The van der Waals surface area contributed by atoms with Crippen LogP contribution in [0.5, 0.6) is 5.75 Å². The minimum Gasteiger partial charge on any atom is -0.483 e. The van der Waals surface area contributed by atoms with Gasteiger partial charge in [0.25, 0.3) is 0 Å². The Kier molecular flexibility index (Phi) is 4.28. The molecule has 1 atom stereocenters. The summed E-state index contributed by atoms with van der Waals surface area (Å²) in [6.07, 6.45) is 1.33. The van der Waals surface area contributed by atoms with Crippen LogP contribution >= 0.6 is 0 Å². The summed E-state index contributed by atoms with van der Waals surface area (Å²) >= 11 is 0. The molecule has 0 aliphatic carbocycles. The van der Waals surface area contributed by atoms with Crippen LogP contribution < -0.4 is 4.74 Å². The largest absolute Gasteiger partial charge is 0.483 e. The number of ketones is 1. The molecule has 0 bridgehead atoms. The summed E-state index contributed by atoms with van der Waals surface area (Å²) in [6.45, 7) is 9.09.